The summed E-state index contributed by atoms with van der Waals surface area (Å²) in [5.41, 5.74) is 4.01. The van der Waals surface area contributed by atoms with E-state index < -0.39 is 12.0 Å². The Bertz CT molecular complexity index is 1130. The number of carbonyl (C=O) groups excluding carboxylic acids is 2. The number of fused-ring (bicyclic) bond motifs is 1. The second kappa shape index (κ2) is 5.95. The molecule has 6 heteroatoms. The van der Waals surface area contributed by atoms with Crippen LogP contribution in [-0.4, -0.2) is 30.1 Å². The van der Waals surface area contributed by atoms with Gasteiger partial charge in [0.2, 0.25) is 11.9 Å². The molecule has 0 spiro atoms. The maximum absolute atomic E-state index is 12.7. The van der Waals surface area contributed by atoms with Gasteiger partial charge in [0.15, 0.2) is 11.5 Å². The van der Waals surface area contributed by atoms with Crippen LogP contribution in [0.1, 0.15) is 15.9 Å². The summed E-state index contributed by atoms with van der Waals surface area (Å²) in [4.78, 5) is 25.1. The molecule has 0 radical (unpaired) electrons. The lowest BCUT2D eigenvalue weighted by atomic mass is 10.1. The SMILES string of the molecule is O=C1/C(=N/NC(=O)C2COc3ccccc3O2)c2cccc3cccc1c23. The third-order valence-electron chi connectivity index (χ3n) is 4.70. The molecular formula is C21H14N2O4. The minimum atomic E-state index is -0.834. The van der Waals surface area contributed by atoms with Gasteiger partial charge >= 0.3 is 0 Å². The van der Waals surface area contributed by atoms with Gasteiger partial charge in [0.1, 0.15) is 12.3 Å². The largest absolute Gasteiger partial charge is 0.485 e. The van der Waals surface area contributed by atoms with E-state index in [1.807, 2.05) is 36.4 Å². The molecule has 3 aromatic carbocycles. The van der Waals surface area contributed by atoms with E-state index in [4.69, 9.17) is 9.47 Å². The van der Waals surface area contributed by atoms with Crippen molar-refractivity contribution in [1.82, 2.24) is 5.43 Å². The van der Waals surface area contributed by atoms with Crippen LogP contribution in [0, 0.1) is 0 Å². The summed E-state index contributed by atoms with van der Waals surface area (Å²) in [7, 11) is 0. The van der Waals surface area contributed by atoms with Gasteiger partial charge in [-0.25, -0.2) is 5.43 Å². The van der Waals surface area contributed by atoms with Crippen molar-refractivity contribution in [2.45, 2.75) is 6.10 Å². The van der Waals surface area contributed by atoms with Crippen LogP contribution in [0.15, 0.2) is 65.8 Å². The molecule has 0 bridgehead atoms. The number of hydrazone groups is 1. The molecule has 1 aliphatic carbocycles. The average Bonchev–Trinajstić information content (AvgIpc) is 2.99. The molecular weight excluding hydrogens is 344 g/mol. The van der Waals surface area contributed by atoms with Gasteiger partial charge in [-0.2, -0.15) is 5.10 Å². The molecule has 2 aliphatic rings. The third-order valence-corrected chi connectivity index (χ3v) is 4.70. The quantitative estimate of drug-likeness (QED) is 0.715. The Balaban J connectivity index is 1.40. The van der Waals surface area contributed by atoms with Crippen molar-refractivity contribution in [3.63, 3.8) is 0 Å². The predicted octanol–water partition coefficient (Wildman–Crippen LogP) is 2.70. The van der Waals surface area contributed by atoms with E-state index in [0.717, 1.165) is 16.3 Å². The van der Waals surface area contributed by atoms with Crippen molar-refractivity contribution in [2.75, 3.05) is 6.61 Å². The number of para-hydroxylation sites is 2. The molecule has 0 fully saturated rings. The lowest BCUT2D eigenvalue weighted by Crippen LogP contribution is -2.42. The lowest BCUT2D eigenvalue weighted by Gasteiger charge is -2.24. The fraction of sp³-hybridized carbons (Fsp3) is 0.0952. The van der Waals surface area contributed by atoms with Crippen LogP contribution in [-0.2, 0) is 4.79 Å². The van der Waals surface area contributed by atoms with Crippen LogP contribution < -0.4 is 14.9 Å². The molecule has 1 unspecified atom stereocenters. The Hall–Kier alpha value is -3.67. The average molecular weight is 358 g/mol. The number of benzene rings is 3. The molecule has 1 heterocycles. The predicted molar refractivity (Wildman–Crippen MR) is 99.3 cm³/mol. The molecule has 6 nitrogen and oxygen atoms in total. The van der Waals surface area contributed by atoms with Gasteiger partial charge in [-0.15, -0.1) is 0 Å². The Kier molecular flexibility index (Phi) is 3.43. The highest BCUT2D eigenvalue weighted by atomic mass is 16.6. The maximum Gasteiger partial charge on any atom is 0.284 e. The molecule has 0 saturated heterocycles. The highest BCUT2D eigenvalue weighted by Gasteiger charge is 2.31. The summed E-state index contributed by atoms with van der Waals surface area (Å²) in [6.45, 7) is 0.0808. The summed E-state index contributed by atoms with van der Waals surface area (Å²) >= 11 is 0. The number of rotatable bonds is 2. The van der Waals surface area contributed by atoms with Crippen LogP contribution in [0.4, 0.5) is 0 Å². The van der Waals surface area contributed by atoms with Gasteiger partial charge in [-0.1, -0.05) is 48.5 Å². The minimum Gasteiger partial charge on any atom is -0.485 e. The van der Waals surface area contributed by atoms with Gasteiger partial charge < -0.3 is 9.47 Å². The molecule has 0 saturated carbocycles. The van der Waals surface area contributed by atoms with E-state index in [2.05, 4.69) is 10.5 Å². The summed E-state index contributed by atoms with van der Waals surface area (Å²) in [5.74, 6) is 0.438. The van der Waals surface area contributed by atoms with Crippen molar-refractivity contribution in [2.24, 2.45) is 5.10 Å². The zero-order chi connectivity index (χ0) is 18.4. The Morgan fingerprint density at radius 3 is 2.52 bits per heavy atom. The number of ketones is 1. The fourth-order valence-electron chi connectivity index (χ4n) is 3.42. The van der Waals surface area contributed by atoms with Crippen LogP contribution >= 0.6 is 0 Å². The topological polar surface area (TPSA) is 77.0 Å². The van der Waals surface area contributed by atoms with E-state index in [1.165, 1.54) is 0 Å². The third kappa shape index (κ3) is 2.45. The van der Waals surface area contributed by atoms with Crippen LogP contribution in [0.2, 0.25) is 0 Å². The smallest absolute Gasteiger partial charge is 0.284 e. The molecule has 1 atom stereocenters. The zero-order valence-corrected chi connectivity index (χ0v) is 14.1. The number of Topliss-reactive ketones (excluding diaryl/α,β-unsaturated/α-hetero) is 1. The first-order valence-corrected chi connectivity index (χ1v) is 8.55. The van der Waals surface area contributed by atoms with E-state index >= 15 is 0 Å². The van der Waals surface area contributed by atoms with Crippen molar-refractivity contribution in [3.05, 3.63) is 71.8 Å². The number of nitrogens with zero attached hydrogens (tertiary/aromatic N) is 1. The van der Waals surface area contributed by atoms with E-state index in [1.54, 1.807) is 24.3 Å². The molecule has 1 N–H and O–H groups in total. The standard InChI is InChI=1S/C21H14N2O4/c24-20-14-8-4-6-12-5-3-7-13(18(12)14)19(20)22-23-21(25)17-11-26-15-9-1-2-10-16(15)27-17/h1-10,17H,11H2,(H,23,25)/b22-19+. The molecule has 3 aromatic rings. The maximum atomic E-state index is 12.7. The summed E-state index contributed by atoms with van der Waals surface area (Å²) in [6.07, 6.45) is -0.834. The number of amides is 1. The second-order valence-corrected chi connectivity index (χ2v) is 6.34. The van der Waals surface area contributed by atoms with E-state index in [9.17, 15) is 9.59 Å². The monoisotopic (exact) mass is 358 g/mol. The first-order chi connectivity index (χ1) is 13.2. The second-order valence-electron chi connectivity index (χ2n) is 6.34. The number of hydrogen-bond acceptors (Lipinski definition) is 5. The van der Waals surface area contributed by atoms with Crippen LogP contribution in [0.25, 0.3) is 10.8 Å². The number of ether oxygens (including phenoxy) is 2. The Morgan fingerprint density at radius 2 is 1.70 bits per heavy atom. The van der Waals surface area contributed by atoms with Crippen molar-refractivity contribution < 1.29 is 19.1 Å². The molecule has 27 heavy (non-hydrogen) atoms. The minimum absolute atomic E-state index is 0.0808. The van der Waals surface area contributed by atoms with Gasteiger partial charge in [-0.3, -0.25) is 9.59 Å². The van der Waals surface area contributed by atoms with Gasteiger partial charge in [0, 0.05) is 16.5 Å². The first-order valence-electron chi connectivity index (χ1n) is 8.55. The van der Waals surface area contributed by atoms with Crippen LogP contribution in [0.5, 0.6) is 11.5 Å². The number of carbonyl (C=O) groups is 2. The van der Waals surface area contributed by atoms with Gasteiger partial charge in [-0.05, 0) is 17.5 Å². The zero-order valence-electron chi connectivity index (χ0n) is 14.1. The first kappa shape index (κ1) is 15.6. The van der Waals surface area contributed by atoms with Gasteiger partial charge in [0.25, 0.3) is 5.91 Å². The van der Waals surface area contributed by atoms with Crippen molar-refractivity contribution in [3.8, 4) is 11.5 Å². The highest BCUT2D eigenvalue weighted by molar-refractivity contribution is 6.59. The molecule has 0 aromatic heterocycles. The Labute approximate surface area is 154 Å². The molecule has 1 aliphatic heterocycles. The summed E-state index contributed by atoms with van der Waals surface area (Å²) < 4.78 is 11.2. The van der Waals surface area contributed by atoms with E-state index in [0.29, 0.717) is 17.1 Å². The number of nitrogens with one attached hydrogen (secondary N) is 1. The summed E-state index contributed by atoms with van der Waals surface area (Å²) in [6, 6.07) is 18.3. The lowest BCUT2D eigenvalue weighted by molar-refractivity contribution is -0.130. The molecule has 132 valence electrons. The van der Waals surface area contributed by atoms with Crippen LogP contribution in [0.3, 0.4) is 0 Å². The van der Waals surface area contributed by atoms with Crippen molar-refractivity contribution >= 4 is 28.2 Å². The molecule has 5 rings (SSSR count). The summed E-state index contributed by atoms with van der Waals surface area (Å²) in [5, 5.41) is 5.94. The molecule has 1 amide bonds. The highest BCUT2D eigenvalue weighted by Crippen LogP contribution is 2.32. The van der Waals surface area contributed by atoms with E-state index in [-0.39, 0.29) is 18.1 Å². The van der Waals surface area contributed by atoms with Gasteiger partial charge in [0.05, 0.1) is 0 Å². The van der Waals surface area contributed by atoms with Crippen molar-refractivity contribution in [1.29, 1.82) is 0 Å². The number of hydrogen-bond donors (Lipinski definition) is 1. The fourth-order valence-corrected chi connectivity index (χ4v) is 3.42. The Morgan fingerprint density at radius 1 is 0.963 bits per heavy atom. The normalized spacial score (nSPS) is 18.7.